The van der Waals surface area contributed by atoms with Crippen LogP contribution in [-0.4, -0.2) is 11.5 Å². The molecule has 0 heterocycles. The van der Waals surface area contributed by atoms with Gasteiger partial charge in [-0.15, -0.1) is 0 Å². The van der Waals surface area contributed by atoms with Crippen LogP contribution < -0.4 is 0 Å². The zero-order valence-electron chi connectivity index (χ0n) is 4.26. The van der Waals surface area contributed by atoms with Crippen molar-refractivity contribution in [1.82, 2.24) is 0 Å². The number of nitrogens with zero attached hydrogens (tertiary/aromatic N) is 1. The molecule has 0 aliphatic heterocycles. The molecule has 0 aliphatic carbocycles. The van der Waals surface area contributed by atoms with Crippen LogP contribution in [0.1, 0.15) is 0 Å². The third kappa shape index (κ3) is 4.70. The molecule has 0 rings (SSSR count). The van der Waals surface area contributed by atoms with Gasteiger partial charge in [-0.3, -0.25) is 10.1 Å². The first-order chi connectivity index (χ1) is 3.77. The molecule has 0 atom stereocenters. The fourth-order valence-corrected chi connectivity index (χ4v) is 0.192. The lowest BCUT2D eigenvalue weighted by Crippen LogP contribution is -1.94. The molecule has 0 aromatic carbocycles. The van der Waals surface area contributed by atoms with E-state index in [4.69, 9.17) is 0 Å². The van der Waals surface area contributed by atoms with Crippen molar-refractivity contribution in [2.24, 2.45) is 0 Å². The van der Waals surface area contributed by atoms with Gasteiger partial charge < -0.3 is 0 Å². The van der Waals surface area contributed by atoms with Gasteiger partial charge in [-0.1, -0.05) is 11.5 Å². The van der Waals surface area contributed by atoms with Crippen LogP contribution in [0.5, 0.6) is 0 Å². The summed E-state index contributed by atoms with van der Waals surface area (Å²) >= 11 is 0. The Hall–Kier alpha value is -1.30. The predicted octanol–water partition coefficient (Wildman–Crippen LogP) is 0.759. The maximum atomic E-state index is 9.56. The zero-order valence-corrected chi connectivity index (χ0v) is 4.26. The molecule has 42 valence electrons. The molecule has 0 spiro atoms. The fourth-order valence-electron chi connectivity index (χ4n) is 0.192. The van der Waals surface area contributed by atoms with Crippen LogP contribution in [0.4, 0.5) is 0 Å². The number of hydrogen-bond donors (Lipinski definition) is 0. The van der Waals surface area contributed by atoms with E-state index in [0.717, 1.165) is 0 Å². The van der Waals surface area contributed by atoms with E-state index >= 15 is 0 Å². The summed E-state index contributed by atoms with van der Waals surface area (Å²) in [6.45, 7) is 2.96. The van der Waals surface area contributed by atoms with Crippen LogP contribution in [0.25, 0.3) is 0 Å². The average molecular weight is 111 g/mol. The molecule has 8 heavy (non-hydrogen) atoms. The quantitative estimate of drug-likeness (QED) is 0.300. The number of rotatable bonds is 2. The van der Waals surface area contributed by atoms with Crippen molar-refractivity contribution < 1.29 is 4.92 Å². The van der Waals surface area contributed by atoms with Gasteiger partial charge in [-0.2, -0.15) is 0 Å². The van der Waals surface area contributed by atoms with Crippen LogP contribution in [0.3, 0.4) is 0 Å². The summed E-state index contributed by atoms with van der Waals surface area (Å²) in [6, 6.07) is 0. The molecule has 0 radical (unpaired) electrons. The van der Waals surface area contributed by atoms with Gasteiger partial charge in [0.25, 0.3) is 0 Å². The van der Waals surface area contributed by atoms with Gasteiger partial charge >= 0.3 is 0 Å². The first-order valence-electron chi connectivity index (χ1n) is 1.98. The van der Waals surface area contributed by atoms with E-state index in [0.29, 0.717) is 0 Å². The van der Waals surface area contributed by atoms with Gasteiger partial charge in [0.15, 0.2) is 0 Å². The van der Waals surface area contributed by atoms with Crippen molar-refractivity contribution in [2.75, 3.05) is 6.54 Å². The number of hydrogen-bond acceptors (Lipinski definition) is 2. The van der Waals surface area contributed by atoms with E-state index in [9.17, 15) is 10.1 Å². The standard InChI is InChI=1S/C5H5NO2/c1-2-3-4-5-6(7)8/h4H,1,5H2. The SMILES string of the molecule is C=C=C=CC[N+](=O)[O-]. The van der Waals surface area contributed by atoms with E-state index in [-0.39, 0.29) is 6.54 Å². The van der Waals surface area contributed by atoms with Gasteiger partial charge in [0.2, 0.25) is 6.54 Å². The highest BCUT2D eigenvalue weighted by Crippen LogP contribution is 1.67. The molecule has 0 aliphatic rings. The Morgan fingerprint density at radius 3 is 2.88 bits per heavy atom. The summed E-state index contributed by atoms with van der Waals surface area (Å²) in [5.41, 5.74) is 4.61. The molecule has 3 heteroatoms. The third-order valence-electron chi connectivity index (χ3n) is 0.444. The molecule has 0 fully saturated rings. The minimum absolute atomic E-state index is 0.206. The summed E-state index contributed by atoms with van der Waals surface area (Å²) in [5.74, 6) is 0. The molecular formula is C5H5NO2. The molecule has 0 saturated heterocycles. The monoisotopic (exact) mass is 111 g/mol. The number of nitro groups is 1. The van der Waals surface area contributed by atoms with Gasteiger partial charge in [0, 0.05) is 11.0 Å². The molecule has 0 N–H and O–H groups in total. The van der Waals surface area contributed by atoms with Gasteiger partial charge in [-0.05, 0) is 6.58 Å². The predicted molar refractivity (Wildman–Crippen MR) is 29.1 cm³/mol. The van der Waals surface area contributed by atoms with Crippen LogP contribution >= 0.6 is 0 Å². The molecule has 0 amide bonds. The van der Waals surface area contributed by atoms with E-state index in [1.54, 1.807) is 0 Å². The van der Waals surface area contributed by atoms with E-state index in [1.165, 1.54) is 6.08 Å². The Morgan fingerprint density at radius 1 is 1.88 bits per heavy atom. The average Bonchev–Trinajstić information content (AvgIpc) is 1.66. The fraction of sp³-hybridized carbons (Fsp3) is 0.200. The Labute approximate surface area is 46.8 Å². The van der Waals surface area contributed by atoms with Gasteiger partial charge in [0.05, 0.1) is 0 Å². The molecule has 0 saturated carbocycles. The lowest BCUT2D eigenvalue weighted by Gasteiger charge is -1.76. The molecule has 3 nitrogen and oxygen atoms in total. The summed E-state index contributed by atoms with van der Waals surface area (Å²) in [4.78, 5) is 9.11. The van der Waals surface area contributed by atoms with Crippen LogP contribution in [0, 0.1) is 10.1 Å². The second-order valence-corrected chi connectivity index (χ2v) is 1.04. The maximum Gasteiger partial charge on any atom is 0.229 e. The molecule has 0 aromatic rings. The molecule has 0 unspecified atom stereocenters. The first kappa shape index (κ1) is 6.70. The van der Waals surface area contributed by atoms with Crippen LogP contribution in [-0.2, 0) is 0 Å². The van der Waals surface area contributed by atoms with Crippen LogP contribution in [0.2, 0.25) is 0 Å². The van der Waals surface area contributed by atoms with Crippen molar-refractivity contribution >= 4 is 0 Å². The largest absolute Gasteiger partial charge is 0.264 e. The van der Waals surface area contributed by atoms with Crippen molar-refractivity contribution in [3.63, 3.8) is 0 Å². The Kier molecular flexibility index (Phi) is 3.25. The minimum Gasteiger partial charge on any atom is -0.264 e. The van der Waals surface area contributed by atoms with Crippen molar-refractivity contribution in [3.8, 4) is 0 Å². The highest BCUT2D eigenvalue weighted by atomic mass is 16.6. The summed E-state index contributed by atoms with van der Waals surface area (Å²) in [5, 5.41) is 9.56. The summed E-state index contributed by atoms with van der Waals surface area (Å²) < 4.78 is 0. The molecule has 0 bridgehead atoms. The minimum atomic E-state index is -0.454. The Balaban J connectivity index is 3.61. The van der Waals surface area contributed by atoms with E-state index < -0.39 is 4.92 Å². The summed E-state index contributed by atoms with van der Waals surface area (Å²) in [6.07, 6.45) is 1.26. The van der Waals surface area contributed by atoms with Crippen LogP contribution in [0.15, 0.2) is 24.1 Å². The Morgan fingerprint density at radius 2 is 2.50 bits per heavy atom. The second kappa shape index (κ2) is 3.88. The van der Waals surface area contributed by atoms with E-state index in [2.05, 4.69) is 18.0 Å². The normalized spacial score (nSPS) is 6.50. The summed E-state index contributed by atoms with van der Waals surface area (Å²) in [7, 11) is 0. The van der Waals surface area contributed by atoms with Gasteiger partial charge in [-0.25, -0.2) is 0 Å². The van der Waals surface area contributed by atoms with E-state index in [1.807, 2.05) is 0 Å². The molecular weight excluding hydrogens is 106 g/mol. The van der Waals surface area contributed by atoms with Crippen molar-refractivity contribution in [3.05, 3.63) is 34.2 Å². The third-order valence-corrected chi connectivity index (χ3v) is 0.444. The second-order valence-electron chi connectivity index (χ2n) is 1.04. The highest BCUT2D eigenvalue weighted by Gasteiger charge is 1.83. The zero-order chi connectivity index (χ0) is 6.41. The van der Waals surface area contributed by atoms with Crippen molar-refractivity contribution in [1.29, 1.82) is 0 Å². The highest BCUT2D eigenvalue weighted by molar-refractivity contribution is 4.79. The van der Waals surface area contributed by atoms with Gasteiger partial charge in [0.1, 0.15) is 0 Å². The lowest BCUT2D eigenvalue weighted by molar-refractivity contribution is -0.468. The first-order valence-corrected chi connectivity index (χ1v) is 1.98. The maximum absolute atomic E-state index is 9.56. The molecule has 0 aromatic heterocycles. The smallest absolute Gasteiger partial charge is 0.229 e. The lowest BCUT2D eigenvalue weighted by atomic mass is 10.6. The Bertz CT molecular complexity index is 161. The van der Waals surface area contributed by atoms with Crippen molar-refractivity contribution in [2.45, 2.75) is 0 Å². The topological polar surface area (TPSA) is 43.1 Å².